The van der Waals surface area contributed by atoms with E-state index in [-0.39, 0.29) is 26.0 Å². The molecular formula is C37H58N6O10. The van der Waals surface area contributed by atoms with Gasteiger partial charge in [-0.05, 0) is 74.3 Å². The van der Waals surface area contributed by atoms with Crippen LogP contribution in [0.15, 0.2) is 30.3 Å². The van der Waals surface area contributed by atoms with Crippen LogP contribution in [0.25, 0.3) is 0 Å². The molecule has 0 aromatic heterocycles. The molecule has 0 radical (unpaired) electrons. The Morgan fingerprint density at radius 3 is 2.00 bits per heavy atom. The summed E-state index contributed by atoms with van der Waals surface area (Å²) in [5.41, 5.74) is 3.74. The number of ether oxygens (including phenoxy) is 3. The molecule has 6 amide bonds. The number of amides is 6. The van der Waals surface area contributed by atoms with Gasteiger partial charge in [0.05, 0.1) is 36.5 Å². The molecule has 296 valence electrons. The molecule has 16 nitrogen and oxygen atoms in total. The van der Waals surface area contributed by atoms with Crippen LogP contribution in [0.5, 0.6) is 0 Å². The maximum absolute atomic E-state index is 14.1. The van der Waals surface area contributed by atoms with Crippen LogP contribution in [-0.2, 0) is 43.0 Å². The summed E-state index contributed by atoms with van der Waals surface area (Å²) >= 11 is 0. The van der Waals surface area contributed by atoms with Crippen molar-refractivity contribution in [3.63, 3.8) is 0 Å². The molecule has 5 atom stereocenters. The summed E-state index contributed by atoms with van der Waals surface area (Å²) in [7, 11) is 0. The summed E-state index contributed by atoms with van der Waals surface area (Å²) in [6.07, 6.45) is -0.892. The van der Waals surface area contributed by atoms with Crippen molar-refractivity contribution in [1.29, 1.82) is 0 Å². The summed E-state index contributed by atoms with van der Waals surface area (Å²) in [5.74, 6) is -5.08. The second kappa shape index (κ2) is 19.0. The predicted molar refractivity (Wildman–Crippen MR) is 195 cm³/mol. The number of rotatable bonds is 16. The van der Waals surface area contributed by atoms with Gasteiger partial charge in [0, 0.05) is 13.0 Å². The van der Waals surface area contributed by atoms with Gasteiger partial charge in [-0.15, -0.1) is 0 Å². The predicted octanol–water partition coefficient (Wildman–Crippen LogP) is 1.79. The van der Waals surface area contributed by atoms with Gasteiger partial charge >= 0.3 is 6.09 Å². The molecule has 1 aromatic rings. The van der Waals surface area contributed by atoms with Crippen molar-refractivity contribution < 1.29 is 47.8 Å². The number of nitrogens with one attached hydrogen (secondary N) is 4. The van der Waals surface area contributed by atoms with E-state index in [2.05, 4.69) is 21.3 Å². The Hall–Kier alpha value is -4.57. The van der Waals surface area contributed by atoms with Crippen molar-refractivity contribution >= 4 is 41.4 Å². The molecule has 6 N–H and O–H groups in total. The molecule has 0 aliphatic carbocycles. The normalized spacial score (nSPS) is 17.9. The fourth-order valence-electron chi connectivity index (χ4n) is 5.44. The van der Waals surface area contributed by atoms with Gasteiger partial charge in [-0.2, -0.15) is 0 Å². The van der Waals surface area contributed by atoms with Gasteiger partial charge in [-0.1, -0.05) is 43.7 Å². The monoisotopic (exact) mass is 746 g/mol. The van der Waals surface area contributed by atoms with Crippen molar-refractivity contribution in [1.82, 2.24) is 26.2 Å². The maximum atomic E-state index is 14.1. The van der Waals surface area contributed by atoms with E-state index in [9.17, 15) is 33.6 Å². The number of benzene rings is 1. The van der Waals surface area contributed by atoms with Crippen molar-refractivity contribution in [3.8, 4) is 0 Å². The highest BCUT2D eigenvalue weighted by molar-refractivity contribution is 6.38. The van der Waals surface area contributed by atoms with E-state index in [0.717, 1.165) is 0 Å². The number of alkyl carbamates (subject to hydrolysis) is 1. The summed E-state index contributed by atoms with van der Waals surface area (Å²) in [6, 6.07) is 3.42. The third kappa shape index (κ3) is 15.5. The molecular weight excluding hydrogens is 688 g/mol. The van der Waals surface area contributed by atoms with Crippen LogP contribution < -0.4 is 27.0 Å². The molecule has 16 heteroatoms. The average molecular weight is 747 g/mol. The SMILES string of the molecule is CCCC(NC(=O)[C@@H]1C[C@@H](OC(C)(C)C)CN1C(=O)[C@H](COC(C)(C)C)NC(=O)OC(C)(C)C)C(=O)C(=O)NCC(=O)N[C@H](C(N)=O)c1ccccc1. The van der Waals surface area contributed by atoms with Crippen molar-refractivity contribution in [2.45, 2.75) is 136 Å². The minimum absolute atomic E-state index is 0.00647. The van der Waals surface area contributed by atoms with Crippen LogP contribution in [0, 0.1) is 0 Å². The number of likely N-dealkylation sites (tertiary alicyclic amines) is 1. The Morgan fingerprint density at radius 2 is 1.47 bits per heavy atom. The fraction of sp³-hybridized carbons (Fsp3) is 0.649. The molecule has 1 aliphatic rings. The number of ketones is 1. The van der Waals surface area contributed by atoms with E-state index >= 15 is 0 Å². The van der Waals surface area contributed by atoms with E-state index in [4.69, 9.17) is 19.9 Å². The summed E-state index contributed by atoms with van der Waals surface area (Å²) in [6.45, 7) is 16.8. The van der Waals surface area contributed by atoms with Crippen LogP contribution in [0.1, 0.15) is 100 Å². The Bertz CT molecular complexity index is 1460. The van der Waals surface area contributed by atoms with Crippen LogP contribution >= 0.6 is 0 Å². The Morgan fingerprint density at radius 1 is 0.849 bits per heavy atom. The minimum Gasteiger partial charge on any atom is -0.444 e. The van der Waals surface area contributed by atoms with Gasteiger partial charge in [0.2, 0.25) is 29.4 Å². The van der Waals surface area contributed by atoms with E-state index in [1.807, 2.05) is 20.8 Å². The van der Waals surface area contributed by atoms with Gasteiger partial charge in [-0.3, -0.25) is 28.8 Å². The van der Waals surface area contributed by atoms with E-state index in [0.29, 0.717) is 12.0 Å². The number of carbonyl (C=O) groups is 7. The number of primary amides is 1. The third-order valence-corrected chi connectivity index (χ3v) is 7.61. The van der Waals surface area contributed by atoms with Crippen LogP contribution in [0.3, 0.4) is 0 Å². The van der Waals surface area contributed by atoms with E-state index in [1.54, 1.807) is 78.8 Å². The number of Topliss-reactive ketones (excluding diaryl/α,β-unsaturated/α-hetero) is 1. The zero-order valence-electron chi connectivity index (χ0n) is 32.6. The van der Waals surface area contributed by atoms with Gasteiger partial charge in [-0.25, -0.2) is 4.79 Å². The lowest BCUT2D eigenvalue weighted by Crippen LogP contribution is -2.58. The largest absolute Gasteiger partial charge is 0.444 e. The molecule has 1 saturated heterocycles. The molecule has 1 aromatic carbocycles. The van der Waals surface area contributed by atoms with Crippen LogP contribution in [0.4, 0.5) is 4.79 Å². The number of hydrogen-bond donors (Lipinski definition) is 5. The minimum atomic E-state index is -1.29. The first-order valence-electron chi connectivity index (χ1n) is 17.8. The summed E-state index contributed by atoms with van der Waals surface area (Å²) in [5, 5.41) is 9.88. The van der Waals surface area contributed by atoms with Gasteiger partial charge < -0.3 is 46.1 Å². The second-order valence-corrected chi connectivity index (χ2v) is 15.9. The van der Waals surface area contributed by atoms with Crippen LogP contribution in [0.2, 0.25) is 0 Å². The number of hydrogen-bond acceptors (Lipinski definition) is 10. The van der Waals surface area contributed by atoms with Crippen molar-refractivity contribution in [3.05, 3.63) is 35.9 Å². The topological polar surface area (TPSA) is 225 Å². The maximum Gasteiger partial charge on any atom is 0.408 e. The Balaban J connectivity index is 2.25. The standard InChI is InChI=1S/C37H58N6O10/c1-11-15-24(29(45)32(48)39-19-27(44)42-28(30(38)46)22-16-13-12-14-17-22)40-31(47)26-18-23(52-36(5,6)7)20-43(26)33(49)25(21-51-35(2,3)4)41-34(50)53-37(8,9)10/h12-14,16-17,23-26,28H,11,15,18-21H2,1-10H3,(H2,38,46)(H,39,48)(H,40,47)(H,41,50)(H,42,44)/t23-,24?,25+,26+,28+/m1/s1. The molecule has 0 saturated carbocycles. The lowest BCUT2D eigenvalue weighted by Gasteiger charge is -2.31. The van der Waals surface area contributed by atoms with Crippen LogP contribution in [-0.4, -0.2) is 107 Å². The molecule has 1 unspecified atom stereocenters. The van der Waals surface area contributed by atoms with Crippen molar-refractivity contribution in [2.24, 2.45) is 5.73 Å². The number of nitrogens with two attached hydrogens (primary N) is 1. The van der Waals surface area contributed by atoms with Gasteiger partial charge in [0.25, 0.3) is 5.91 Å². The van der Waals surface area contributed by atoms with Gasteiger partial charge in [0.15, 0.2) is 0 Å². The third-order valence-electron chi connectivity index (χ3n) is 7.61. The smallest absolute Gasteiger partial charge is 0.408 e. The number of carbonyl (C=O) groups excluding carboxylic acids is 7. The first kappa shape index (κ1) is 44.6. The first-order valence-corrected chi connectivity index (χ1v) is 17.8. The highest BCUT2D eigenvalue weighted by Gasteiger charge is 2.45. The quantitative estimate of drug-likeness (QED) is 0.154. The molecule has 0 bridgehead atoms. The van der Waals surface area contributed by atoms with Gasteiger partial charge in [0.1, 0.15) is 23.7 Å². The Labute approximate surface area is 312 Å². The highest BCUT2D eigenvalue weighted by Crippen LogP contribution is 2.26. The zero-order chi connectivity index (χ0) is 40.3. The second-order valence-electron chi connectivity index (χ2n) is 15.9. The average Bonchev–Trinajstić information content (AvgIpc) is 3.44. The van der Waals surface area contributed by atoms with Crippen molar-refractivity contribution in [2.75, 3.05) is 19.7 Å². The lowest BCUT2D eigenvalue weighted by atomic mass is 10.0. The molecule has 0 spiro atoms. The fourth-order valence-corrected chi connectivity index (χ4v) is 5.44. The first-order chi connectivity index (χ1) is 24.4. The summed E-state index contributed by atoms with van der Waals surface area (Å²) in [4.78, 5) is 93.0. The van der Waals surface area contributed by atoms with E-state index in [1.165, 1.54) is 4.90 Å². The molecule has 53 heavy (non-hydrogen) atoms. The molecule has 2 rings (SSSR count). The van der Waals surface area contributed by atoms with E-state index < -0.39 is 95.0 Å². The highest BCUT2D eigenvalue weighted by atomic mass is 16.6. The summed E-state index contributed by atoms with van der Waals surface area (Å²) < 4.78 is 17.4. The molecule has 1 fully saturated rings. The molecule has 1 heterocycles. The number of nitrogens with zero attached hydrogens (tertiary/aromatic N) is 1. The lowest BCUT2D eigenvalue weighted by molar-refractivity contribution is -0.144. The Kier molecular flexibility index (Phi) is 16.0. The zero-order valence-corrected chi connectivity index (χ0v) is 32.6. The molecule has 1 aliphatic heterocycles.